The minimum absolute atomic E-state index is 0.00352. The number of aromatic nitrogens is 1. The monoisotopic (exact) mass is 270 g/mol. The summed E-state index contributed by atoms with van der Waals surface area (Å²) in [5.74, 6) is 0.189. The van der Waals surface area contributed by atoms with Gasteiger partial charge in [0.2, 0.25) is 5.91 Å². The van der Waals surface area contributed by atoms with Crippen molar-refractivity contribution < 1.29 is 4.79 Å². The Morgan fingerprint density at radius 2 is 2.35 bits per heavy atom. The van der Waals surface area contributed by atoms with Crippen LogP contribution < -0.4 is 0 Å². The van der Waals surface area contributed by atoms with Gasteiger partial charge in [-0.15, -0.1) is 22.9 Å². The number of amides is 1. The van der Waals surface area contributed by atoms with E-state index < -0.39 is 0 Å². The number of alkyl halides is 1. The van der Waals surface area contributed by atoms with Crippen molar-refractivity contribution in [2.45, 2.75) is 37.5 Å². The molecule has 1 aliphatic heterocycles. The van der Waals surface area contributed by atoms with E-state index in [1.54, 1.807) is 0 Å². The number of carbonyl (C=O) groups is 1. The van der Waals surface area contributed by atoms with E-state index in [1.807, 2.05) is 16.2 Å². The summed E-state index contributed by atoms with van der Waals surface area (Å²) >= 11 is 7.79. The van der Waals surface area contributed by atoms with Crippen LogP contribution >= 0.6 is 22.9 Å². The molecule has 2 heterocycles. The van der Waals surface area contributed by atoms with Crippen molar-refractivity contribution in [2.24, 2.45) is 0 Å². The van der Waals surface area contributed by atoms with Crippen molar-refractivity contribution in [3.63, 3.8) is 0 Å². The summed E-state index contributed by atoms with van der Waals surface area (Å²) in [6.45, 7) is 1.47. The first-order valence-electron chi connectivity index (χ1n) is 6.11. The number of aryl methyl sites for hydroxylation is 2. The molecule has 0 bridgehead atoms. The summed E-state index contributed by atoms with van der Waals surface area (Å²) in [4.78, 5) is 19.5. The summed E-state index contributed by atoms with van der Waals surface area (Å²) in [5, 5.41) is 1.18. The molecule has 0 aromatic carbocycles. The van der Waals surface area contributed by atoms with Gasteiger partial charge in [0.15, 0.2) is 0 Å². The second kappa shape index (κ2) is 4.58. The van der Waals surface area contributed by atoms with E-state index in [4.69, 9.17) is 11.6 Å². The Balaban J connectivity index is 1.58. The zero-order chi connectivity index (χ0) is 11.8. The Kier molecular flexibility index (Phi) is 3.09. The van der Waals surface area contributed by atoms with E-state index in [-0.39, 0.29) is 11.3 Å². The lowest BCUT2D eigenvalue weighted by molar-refractivity contribution is -0.127. The maximum Gasteiger partial charge on any atom is 0.224 e. The highest BCUT2D eigenvalue weighted by Crippen LogP contribution is 2.28. The molecule has 1 aromatic rings. The fourth-order valence-electron chi connectivity index (χ4n) is 2.52. The molecule has 1 atom stereocenters. The van der Waals surface area contributed by atoms with E-state index >= 15 is 0 Å². The highest BCUT2D eigenvalue weighted by atomic mass is 35.5. The minimum atomic E-state index is 0.00352. The Morgan fingerprint density at radius 3 is 3.06 bits per heavy atom. The lowest BCUT2D eigenvalue weighted by atomic mass is 10.3. The van der Waals surface area contributed by atoms with Crippen molar-refractivity contribution in [1.29, 1.82) is 0 Å². The highest BCUT2D eigenvalue weighted by Gasteiger charge is 2.27. The van der Waals surface area contributed by atoms with Gasteiger partial charge in [0, 0.05) is 30.8 Å². The Bertz CT molecular complexity index is 424. The minimum Gasteiger partial charge on any atom is -0.341 e. The van der Waals surface area contributed by atoms with Gasteiger partial charge < -0.3 is 4.90 Å². The maximum absolute atomic E-state index is 11.6. The summed E-state index contributed by atoms with van der Waals surface area (Å²) in [5.41, 5.74) is 1.30. The average Bonchev–Trinajstić information content (AvgIpc) is 2.89. The summed E-state index contributed by atoms with van der Waals surface area (Å²) in [7, 11) is 0. The molecule has 3 rings (SSSR count). The standard InChI is InChI=1S/C12H15ClN2OS/c13-8-6-12(16)15(7-8)5-4-11-14-9-2-1-3-10(9)17-11/h8H,1-7H2. The summed E-state index contributed by atoms with van der Waals surface area (Å²) < 4.78 is 0. The largest absolute Gasteiger partial charge is 0.341 e. The van der Waals surface area contributed by atoms with Gasteiger partial charge in [-0.3, -0.25) is 4.79 Å². The van der Waals surface area contributed by atoms with Crippen LogP contribution in [0.3, 0.4) is 0 Å². The molecule has 3 nitrogen and oxygen atoms in total. The molecule has 0 radical (unpaired) electrons. The molecule has 1 unspecified atom stereocenters. The van der Waals surface area contributed by atoms with E-state index in [0.717, 1.165) is 19.4 Å². The molecule has 5 heteroatoms. The smallest absolute Gasteiger partial charge is 0.224 e. The zero-order valence-electron chi connectivity index (χ0n) is 9.62. The first-order valence-corrected chi connectivity index (χ1v) is 7.37. The third kappa shape index (κ3) is 2.33. The Hall–Kier alpha value is -0.610. The van der Waals surface area contributed by atoms with Crippen LogP contribution in [0.15, 0.2) is 0 Å². The molecule has 2 aliphatic rings. The van der Waals surface area contributed by atoms with Crippen LogP contribution in [0.25, 0.3) is 0 Å². The molecule has 0 N–H and O–H groups in total. The molecule has 92 valence electrons. The van der Waals surface area contributed by atoms with Crippen molar-refractivity contribution in [3.8, 4) is 0 Å². The molecule has 1 amide bonds. The predicted molar refractivity (Wildman–Crippen MR) is 68.7 cm³/mol. The van der Waals surface area contributed by atoms with Gasteiger partial charge in [-0.1, -0.05) is 0 Å². The molecule has 1 saturated heterocycles. The second-order valence-electron chi connectivity index (χ2n) is 4.72. The molecule has 0 spiro atoms. The van der Waals surface area contributed by atoms with E-state index in [1.165, 1.54) is 28.4 Å². The quantitative estimate of drug-likeness (QED) is 0.788. The van der Waals surface area contributed by atoms with Gasteiger partial charge in [0.25, 0.3) is 0 Å². The molecule has 17 heavy (non-hydrogen) atoms. The molecule has 1 aromatic heterocycles. The first kappa shape index (κ1) is 11.5. The normalized spacial score (nSPS) is 23.5. The molecular formula is C12H15ClN2OS. The van der Waals surface area contributed by atoms with Crippen LogP contribution in [0.5, 0.6) is 0 Å². The van der Waals surface area contributed by atoms with Crippen LogP contribution in [0.4, 0.5) is 0 Å². The van der Waals surface area contributed by atoms with Gasteiger partial charge in [0.1, 0.15) is 0 Å². The summed E-state index contributed by atoms with van der Waals surface area (Å²) in [6.07, 6.45) is 4.97. The van der Waals surface area contributed by atoms with E-state index in [9.17, 15) is 4.79 Å². The van der Waals surface area contributed by atoms with Crippen LogP contribution in [0, 0.1) is 0 Å². The number of rotatable bonds is 3. The van der Waals surface area contributed by atoms with Gasteiger partial charge in [-0.25, -0.2) is 4.98 Å². The lowest BCUT2D eigenvalue weighted by Gasteiger charge is -2.14. The average molecular weight is 271 g/mol. The van der Waals surface area contributed by atoms with Crippen molar-refractivity contribution in [3.05, 3.63) is 15.6 Å². The number of hydrogen-bond donors (Lipinski definition) is 0. The second-order valence-corrected chi connectivity index (χ2v) is 6.51. The number of fused-ring (bicyclic) bond motifs is 1. The Morgan fingerprint density at radius 1 is 1.47 bits per heavy atom. The van der Waals surface area contributed by atoms with Crippen molar-refractivity contribution >= 4 is 28.8 Å². The Labute approximate surface area is 110 Å². The number of halogens is 1. The van der Waals surface area contributed by atoms with E-state index in [0.29, 0.717) is 13.0 Å². The fourth-order valence-corrected chi connectivity index (χ4v) is 3.97. The summed E-state index contributed by atoms with van der Waals surface area (Å²) in [6, 6.07) is 0. The molecule has 1 fully saturated rings. The van der Waals surface area contributed by atoms with Crippen LogP contribution in [0.2, 0.25) is 0 Å². The third-order valence-corrected chi connectivity index (χ3v) is 4.91. The molecular weight excluding hydrogens is 256 g/mol. The number of nitrogens with zero attached hydrogens (tertiary/aromatic N) is 2. The lowest BCUT2D eigenvalue weighted by Crippen LogP contribution is -2.27. The highest BCUT2D eigenvalue weighted by molar-refractivity contribution is 7.11. The van der Waals surface area contributed by atoms with Crippen LogP contribution in [0.1, 0.15) is 28.4 Å². The van der Waals surface area contributed by atoms with Gasteiger partial charge in [-0.05, 0) is 19.3 Å². The third-order valence-electron chi connectivity index (χ3n) is 3.40. The van der Waals surface area contributed by atoms with E-state index in [2.05, 4.69) is 4.98 Å². The number of likely N-dealkylation sites (tertiary alicyclic amines) is 1. The topological polar surface area (TPSA) is 33.2 Å². The fraction of sp³-hybridized carbons (Fsp3) is 0.667. The number of thiazole rings is 1. The van der Waals surface area contributed by atoms with Crippen LogP contribution in [-0.4, -0.2) is 34.3 Å². The van der Waals surface area contributed by atoms with Crippen molar-refractivity contribution in [2.75, 3.05) is 13.1 Å². The number of hydrogen-bond acceptors (Lipinski definition) is 3. The zero-order valence-corrected chi connectivity index (χ0v) is 11.2. The van der Waals surface area contributed by atoms with Gasteiger partial charge >= 0.3 is 0 Å². The SMILES string of the molecule is O=C1CC(Cl)CN1CCc1nc2c(s1)CCC2. The van der Waals surface area contributed by atoms with Gasteiger partial charge in [-0.2, -0.15) is 0 Å². The van der Waals surface area contributed by atoms with Crippen LogP contribution in [-0.2, 0) is 24.1 Å². The van der Waals surface area contributed by atoms with Crippen molar-refractivity contribution in [1.82, 2.24) is 9.88 Å². The first-order chi connectivity index (χ1) is 8.22. The molecule has 0 saturated carbocycles. The molecule has 1 aliphatic carbocycles. The maximum atomic E-state index is 11.6. The number of carbonyl (C=O) groups excluding carboxylic acids is 1. The predicted octanol–water partition coefficient (Wildman–Crippen LogP) is 2.01. The van der Waals surface area contributed by atoms with Gasteiger partial charge in [0.05, 0.1) is 16.1 Å².